The first-order chi connectivity index (χ1) is 9.44. The Hall–Kier alpha value is -1.06. The molecule has 2 rings (SSSR count). The van der Waals surface area contributed by atoms with E-state index in [1.807, 2.05) is 0 Å². The van der Waals surface area contributed by atoms with E-state index in [1.165, 1.54) is 0 Å². The first-order valence-corrected chi connectivity index (χ1v) is 7.78. The Morgan fingerprint density at radius 3 is 2.20 bits per heavy atom. The summed E-state index contributed by atoms with van der Waals surface area (Å²) in [7, 11) is 0. The second-order valence-electron chi connectivity index (χ2n) is 6.44. The van der Waals surface area contributed by atoms with Crippen molar-refractivity contribution in [2.45, 2.75) is 53.4 Å². The molecule has 0 heterocycles. The van der Waals surface area contributed by atoms with Gasteiger partial charge in [-0.3, -0.25) is 9.59 Å². The van der Waals surface area contributed by atoms with E-state index < -0.39 is 5.41 Å². The summed E-state index contributed by atoms with van der Waals surface area (Å²) in [6.07, 6.45) is 3.63. The highest BCUT2D eigenvalue weighted by Crippen LogP contribution is 2.66. The Balaban J connectivity index is 2.46. The summed E-state index contributed by atoms with van der Waals surface area (Å²) in [5.41, 5.74) is -1.41. The molecule has 2 fully saturated rings. The lowest BCUT2D eigenvalue weighted by Gasteiger charge is -2.39. The molecule has 0 radical (unpaired) electrons. The quantitative estimate of drug-likeness (QED) is 0.587. The summed E-state index contributed by atoms with van der Waals surface area (Å²) >= 11 is 0. The van der Waals surface area contributed by atoms with Gasteiger partial charge in [0.1, 0.15) is 0 Å². The zero-order valence-electron chi connectivity index (χ0n) is 13.0. The minimum Gasteiger partial charge on any atom is -0.465 e. The summed E-state index contributed by atoms with van der Waals surface area (Å²) in [4.78, 5) is 25.3. The third-order valence-electron chi connectivity index (χ3n) is 5.57. The predicted octanol–water partition coefficient (Wildman–Crippen LogP) is 2.95. The van der Waals surface area contributed by atoms with Crippen LogP contribution < -0.4 is 0 Å². The van der Waals surface area contributed by atoms with Gasteiger partial charge in [-0.05, 0) is 50.4 Å². The van der Waals surface area contributed by atoms with Gasteiger partial charge in [0.25, 0.3) is 0 Å². The van der Waals surface area contributed by atoms with Crippen LogP contribution in [-0.2, 0) is 19.1 Å². The Morgan fingerprint density at radius 1 is 1.15 bits per heavy atom. The molecular weight excluding hydrogens is 256 g/mol. The first-order valence-electron chi connectivity index (χ1n) is 7.78. The highest BCUT2D eigenvalue weighted by Gasteiger charge is 2.70. The molecule has 0 amide bonds. The fraction of sp³-hybridized carbons (Fsp3) is 0.875. The fourth-order valence-corrected chi connectivity index (χ4v) is 4.72. The molecule has 4 nitrogen and oxygen atoms in total. The average Bonchev–Trinajstić information content (AvgIpc) is 2.87. The second kappa shape index (κ2) is 5.38. The van der Waals surface area contributed by atoms with Crippen LogP contribution in [0.5, 0.6) is 0 Å². The molecule has 2 saturated carbocycles. The zero-order chi connectivity index (χ0) is 15.0. The molecule has 0 N–H and O–H groups in total. The Morgan fingerprint density at radius 2 is 1.70 bits per heavy atom. The summed E-state index contributed by atoms with van der Waals surface area (Å²) in [6, 6.07) is 0. The molecule has 3 atom stereocenters. The highest BCUT2D eigenvalue weighted by atomic mass is 16.6. The number of carbonyl (C=O) groups is 2. The number of hydrogen-bond acceptors (Lipinski definition) is 4. The zero-order valence-corrected chi connectivity index (χ0v) is 13.0. The van der Waals surface area contributed by atoms with Crippen molar-refractivity contribution in [3.8, 4) is 0 Å². The number of rotatable bonds is 4. The maximum absolute atomic E-state index is 12.7. The molecule has 0 aliphatic heterocycles. The van der Waals surface area contributed by atoms with Gasteiger partial charge in [0.05, 0.1) is 13.2 Å². The Kier molecular flexibility index (Phi) is 4.12. The predicted molar refractivity (Wildman–Crippen MR) is 74.9 cm³/mol. The minimum atomic E-state index is -1.10. The molecule has 2 aliphatic carbocycles. The van der Waals surface area contributed by atoms with Crippen molar-refractivity contribution in [2.24, 2.45) is 22.7 Å². The van der Waals surface area contributed by atoms with E-state index in [2.05, 4.69) is 13.8 Å². The van der Waals surface area contributed by atoms with Crippen LogP contribution in [-0.4, -0.2) is 25.2 Å². The first kappa shape index (κ1) is 15.3. The summed E-state index contributed by atoms with van der Waals surface area (Å²) in [5.74, 6) is 0.0158. The van der Waals surface area contributed by atoms with Gasteiger partial charge in [-0.15, -0.1) is 0 Å². The van der Waals surface area contributed by atoms with Crippen molar-refractivity contribution in [1.82, 2.24) is 0 Å². The van der Waals surface area contributed by atoms with Crippen molar-refractivity contribution in [2.75, 3.05) is 13.2 Å². The maximum atomic E-state index is 12.7. The van der Waals surface area contributed by atoms with E-state index in [0.717, 1.165) is 19.3 Å². The fourth-order valence-electron chi connectivity index (χ4n) is 4.72. The molecule has 0 aromatic carbocycles. The number of ether oxygens (including phenoxy) is 2. The van der Waals surface area contributed by atoms with Crippen molar-refractivity contribution in [3.05, 3.63) is 0 Å². The Labute approximate surface area is 121 Å². The summed E-state index contributed by atoms with van der Waals surface area (Å²) < 4.78 is 10.6. The molecule has 0 unspecified atom stereocenters. The van der Waals surface area contributed by atoms with Gasteiger partial charge in [-0.2, -0.15) is 0 Å². The molecule has 2 aliphatic rings. The number of hydrogen-bond donors (Lipinski definition) is 0. The molecule has 114 valence electrons. The lowest BCUT2D eigenvalue weighted by Crippen LogP contribution is -2.51. The van der Waals surface area contributed by atoms with E-state index in [1.54, 1.807) is 13.8 Å². The molecule has 4 heteroatoms. The van der Waals surface area contributed by atoms with E-state index in [0.29, 0.717) is 31.5 Å². The maximum Gasteiger partial charge on any atom is 0.324 e. The van der Waals surface area contributed by atoms with Crippen LogP contribution >= 0.6 is 0 Å². The van der Waals surface area contributed by atoms with Crippen molar-refractivity contribution >= 4 is 11.9 Å². The third kappa shape index (κ3) is 1.87. The highest BCUT2D eigenvalue weighted by molar-refractivity contribution is 6.01. The van der Waals surface area contributed by atoms with Crippen LogP contribution in [0.25, 0.3) is 0 Å². The SMILES string of the molecule is CCOC(=O)C1(C(=O)OCC)C[C@H](C)[C@@H]2CCC[C@@]21C. The van der Waals surface area contributed by atoms with E-state index in [4.69, 9.17) is 9.47 Å². The standard InChI is InChI=1S/C16H26O4/c1-5-19-13(17)16(14(18)20-6-2)10-11(3)12-8-7-9-15(12,16)4/h11-12H,5-10H2,1-4H3/t11-,12-,15-/m0/s1. The molecule has 0 spiro atoms. The number of esters is 2. The van der Waals surface area contributed by atoms with Crippen LogP contribution in [0.2, 0.25) is 0 Å². The van der Waals surface area contributed by atoms with Crippen LogP contribution in [0.1, 0.15) is 53.4 Å². The van der Waals surface area contributed by atoms with Gasteiger partial charge in [0.15, 0.2) is 5.41 Å². The topological polar surface area (TPSA) is 52.6 Å². The molecule has 0 aromatic rings. The minimum absolute atomic E-state index is 0.301. The normalized spacial score (nSPS) is 34.6. The molecule has 0 bridgehead atoms. The summed E-state index contributed by atoms with van der Waals surface area (Å²) in [6.45, 7) is 8.40. The Bertz CT molecular complexity index is 385. The lowest BCUT2D eigenvalue weighted by molar-refractivity contribution is -0.181. The van der Waals surface area contributed by atoms with Gasteiger partial charge in [-0.1, -0.05) is 20.3 Å². The van der Waals surface area contributed by atoms with Crippen LogP contribution in [0.15, 0.2) is 0 Å². The monoisotopic (exact) mass is 282 g/mol. The van der Waals surface area contributed by atoms with Crippen molar-refractivity contribution < 1.29 is 19.1 Å². The van der Waals surface area contributed by atoms with Gasteiger partial charge < -0.3 is 9.47 Å². The van der Waals surface area contributed by atoms with E-state index >= 15 is 0 Å². The molecular formula is C16H26O4. The van der Waals surface area contributed by atoms with E-state index in [-0.39, 0.29) is 17.4 Å². The van der Waals surface area contributed by atoms with E-state index in [9.17, 15) is 9.59 Å². The molecule has 0 aromatic heterocycles. The van der Waals surface area contributed by atoms with Gasteiger partial charge in [0.2, 0.25) is 0 Å². The van der Waals surface area contributed by atoms with Gasteiger partial charge >= 0.3 is 11.9 Å². The number of fused-ring (bicyclic) bond motifs is 1. The van der Waals surface area contributed by atoms with Crippen molar-refractivity contribution in [1.29, 1.82) is 0 Å². The average molecular weight is 282 g/mol. The van der Waals surface area contributed by atoms with Crippen LogP contribution in [0, 0.1) is 22.7 Å². The third-order valence-corrected chi connectivity index (χ3v) is 5.57. The van der Waals surface area contributed by atoms with Crippen molar-refractivity contribution in [3.63, 3.8) is 0 Å². The molecule has 0 saturated heterocycles. The largest absolute Gasteiger partial charge is 0.465 e. The van der Waals surface area contributed by atoms with Gasteiger partial charge in [0, 0.05) is 0 Å². The van der Waals surface area contributed by atoms with Crippen LogP contribution in [0.3, 0.4) is 0 Å². The number of carbonyl (C=O) groups excluding carboxylic acids is 2. The second-order valence-corrected chi connectivity index (χ2v) is 6.44. The smallest absolute Gasteiger partial charge is 0.324 e. The lowest BCUT2D eigenvalue weighted by atomic mass is 9.64. The molecule has 20 heavy (non-hydrogen) atoms. The summed E-state index contributed by atoms with van der Waals surface area (Å²) in [5, 5.41) is 0. The van der Waals surface area contributed by atoms with Gasteiger partial charge in [-0.25, -0.2) is 0 Å². The van der Waals surface area contributed by atoms with Crippen LogP contribution in [0.4, 0.5) is 0 Å².